The Balaban J connectivity index is 1.59. The van der Waals surface area contributed by atoms with E-state index in [0.717, 1.165) is 30.2 Å². The summed E-state index contributed by atoms with van der Waals surface area (Å²) >= 11 is 0. The van der Waals surface area contributed by atoms with E-state index in [9.17, 15) is 0 Å². The molecule has 24 heavy (non-hydrogen) atoms. The van der Waals surface area contributed by atoms with Crippen LogP contribution in [0.4, 0.5) is 17.5 Å². The van der Waals surface area contributed by atoms with Crippen LogP contribution < -0.4 is 15.4 Å². The Hall–Kier alpha value is -3.08. The van der Waals surface area contributed by atoms with Crippen molar-refractivity contribution in [2.24, 2.45) is 0 Å². The van der Waals surface area contributed by atoms with Crippen molar-refractivity contribution < 1.29 is 4.74 Å². The van der Waals surface area contributed by atoms with E-state index in [0.29, 0.717) is 5.95 Å². The number of rotatable bonds is 7. The van der Waals surface area contributed by atoms with Crippen molar-refractivity contribution in [3.63, 3.8) is 0 Å². The maximum absolute atomic E-state index is 5.22. The Morgan fingerprint density at radius 3 is 2.71 bits per heavy atom. The summed E-state index contributed by atoms with van der Waals surface area (Å²) in [5.74, 6) is 2.14. The van der Waals surface area contributed by atoms with Crippen LogP contribution in [-0.2, 0) is 6.42 Å². The van der Waals surface area contributed by atoms with Crippen LogP contribution in [-0.4, -0.2) is 23.6 Å². The highest BCUT2D eigenvalue weighted by atomic mass is 16.5. The number of anilines is 3. The van der Waals surface area contributed by atoms with Crippen LogP contribution in [0.15, 0.2) is 66.9 Å². The molecule has 5 nitrogen and oxygen atoms in total. The summed E-state index contributed by atoms with van der Waals surface area (Å²) < 4.78 is 5.22. The number of methoxy groups -OCH3 is 1. The maximum atomic E-state index is 5.22. The topological polar surface area (TPSA) is 59.1 Å². The molecule has 1 aromatic heterocycles. The van der Waals surface area contributed by atoms with Crippen LogP contribution in [0.1, 0.15) is 5.56 Å². The van der Waals surface area contributed by atoms with Crippen molar-refractivity contribution in [1.82, 2.24) is 9.97 Å². The summed E-state index contributed by atoms with van der Waals surface area (Å²) in [7, 11) is 1.65. The van der Waals surface area contributed by atoms with Crippen LogP contribution in [0.25, 0.3) is 0 Å². The van der Waals surface area contributed by atoms with E-state index in [1.54, 1.807) is 13.3 Å². The van der Waals surface area contributed by atoms with Crippen LogP contribution in [0.2, 0.25) is 0 Å². The zero-order valence-corrected chi connectivity index (χ0v) is 13.6. The van der Waals surface area contributed by atoms with Crippen LogP contribution >= 0.6 is 0 Å². The van der Waals surface area contributed by atoms with Crippen molar-refractivity contribution in [2.45, 2.75) is 6.42 Å². The molecule has 0 unspecified atom stereocenters. The maximum Gasteiger partial charge on any atom is 0.229 e. The highest BCUT2D eigenvalue weighted by Crippen LogP contribution is 2.19. The van der Waals surface area contributed by atoms with Gasteiger partial charge in [0, 0.05) is 24.5 Å². The summed E-state index contributed by atoms with van der Waals surface area (Å²) in [6, 6.07) is 19.9. The zero-order valence-electron chi connectivity index (χ0n) is 13.6. The molecule has 0 saturated heterocycles. The van der Waals surface area contributed by atoms with E-state index < -0.39 is 0 Å². The SMILES string of the molecule is COc1cccc(Nc2nccc(NCCc3ccccc3)n2)c1. The molecule has 0 saturated carbocycles. The Kier molecular flexibility index (Phi) is 5.24. The van der Waals surface area contributed by atoms with Gasteiger partial charge in [0.05, 0.1) is 7.11 Å². The average molecular weight is 320 g/mol. The molecule has 2 aromatic carbocycles. The summed E-state index contributed by atoms with van der Waals surface area (Å²) in [6.45, 7) is 0.819. The largest absolute Gasteiger partial charge is 0.497 e. The lowest BCUT2D eigenvalue weighted by Crippen LogP contribution is -2.07. The minimum absolute atomic E-state index is 0.549. The highest BCUT2D eigenvalue weighted by Gasteiger charge is 2.01. The molecule has 0 spiro atoms. The van der Waals surface area contributed by atoms with Crippen molar-refractivity contribution >= 4 is 17.5 Å². The lowest BCUT2D eigenvalue weighted by atomic mass is 10.1. The molecule has 2 N–H and O–H groups in total. The van der Waals surface area contributed by atoms with E-state index in [-0.39, 0.29) is 0 Å². The van der Waals surface area contributed by atoms with Crippen LogP contribution in [0.5, 0.6) is 5.75 Å². The van der Waals surface area contributed by atoms with Gasteiger partial charge in [0.25, 0.3) is 0 Å². The monoisotopic (exact) mass is 320 g/mol. The van der Waals surface area contributed by atoms with Gasteiger partial charge < -0.3 is 15.4 Å². The third-order valence-corrected chi connectivity index (χ3v) is 3.54. The molecule has 0 aliphatic rings. The molecule has 0 fully saturated rings. The van der Waals surface area contributed by atoms with E-state index in [1.807, 2.05) is 36.4 Å². The summed E-state index contributed by atoms with van der Waals surface area (Å²) in [4.78, 5) is 8.73. The number of aromatic nitrogens is 2. The molecule has 5 heteroatoms. The fourth-order valence-corrected chi connectivity index (χ4v) is 2.33. The van der Waals surface area contributed by atoms with Gasteiger partial charge in [-0.2, -0.15) is 4.98 Å². The van der Waals surface area contributed by atoms with Crippen LogP contribution in [0.3, 0.4) is 0 Å². The predicted octanol–water partition coefficient (Wildman–Crippen LogP) is 3.88. The molecule has 122 valence electrons. The zero-order chi connectivity index (χ0) is 16.6. The fourth-order valence-electron chi connectivity index (χ4n) is 2.33. The van der Waals surface area contributed by atoms with Crippen LogP contribution in [0, 0.1) is 0 Å². The van der Waals surface area contributed by atoms with Gasteiger partial charge in [0.15, 0.2) is 0 Å². The molecule has 3 aromatic rings. The van der Waals surface area contributed by atoms with Gasteiger partial charge in [-0.15, -0.1) is 0 Å². The van der Waals surface area contributed by atoms with E-state index in [1.165, 1.54) is 5.56 Å². The van der Waals surface area contributed by atoms with Gasteiger partial charge in [0.1, 0.15) is 11.6 Å². The molecule has 0 atom stereocenters. The van der Waals surface area contributed by atoms with Gasteiger partial charge in [-0.05, 0) is 30.2 Å². The number of nitrogens with one attached hydrogen (secondary N) is 2. The number of ether oxygens (including phenoxy) is 1. The average Bonchev–Trinajstić information content (AvgIpc) is 2.63. The molecule has 0 radical (unpaired) electrons. The molecule has 3 rings (SSSR count). The number of benzene rings is 2. The molecular formula is C19H20N4O. The van der Waals surface area contributed by atoms with Gasteiger partial charge in [-0.3, -0.25) is 0 Å². The second kappa shape index (κ2) is 7.97. The minimum Gasteiger partial charge on any atom is -0.497 e. The molecule has 0 bridgehead atoms. The molecule has 1 heterocycles. The fraction of sp³-hybridized carbons (Fsp3) is 0.158. The second-order valence-corrected chi connectivity index (χ2v) is 5.28. The lowest BCUT2D eigenvalue weighted by molar-refractivity contribution is 0.415. The van der Waals surface area contributed by atoms with Gasteiger partial charge >= 0.3 is 0 Å². The highest BCUT2D eigenvalue weighted by molar-refractivity contribution is 5.56. The third kappa shape index (κ3) is 4.46. The Morgan fingerprint density at radius 2 is 1.88 bits per heavy atom. The van der Waals surface area contributed by atoms with Gasteiger partial charge in [-0.25, -0.2) is 4.98 Å². The Labute approximate surface area is 141 Å². The van der Waals surface area contributed by atoms with Crippen molar-refractivity contribution in [1.29, 1.82) is 0 Å². The molecule has 0 amide bonds. The van der Waals surface area contributed by atoms with Gasteiger partial charge in [-0.1, -0.05) is 36.4 Å². The van der Waals surface area contributed by atoms with Crippen molar-refractivity contribution in [3.8, 4) is 5.75 Å². The summed E-state index contributed by atoms with van der Waals surface area (Å²) in [5.41, 5.74) is 2.18. The lowest BCUT2D eigenvalue weighted by Gasteiger charge is -2.09. The first-order valence-corrected chi connectivity index (χ1v) is 7.85. The Morgan fingerprint density at radius 1 is 1.00 bits per heavy atom. The van der Waals surface area contributed by atoms with E-state index >= 15 is 0 Å². The van der Waals surface area contributed by atoms with E-state index in [2.05, 4.69) is 44.9 Å². The third-order valence-electron chi connectivity index (χ3n) is 3.54. The minimum atomic E-state index is 0.549. The summed E-state index contributed by atoms with van der Waals surface area (Å²) in [6.07, 6.45) is 2.68. The predicted molar refractivity (Wildman–Crippen MR) is 96.9 cm³/mol. The molecular weight excluding hydrogens is 300 g/mol. The first-order valence-electron chi connectivity index (χ1n) is 7.85. The number of hydrogen-bond acceptors (Lipinski definition) is 5. The molecule has 0 aliphatic heterocycles. The smallest absolute Gasteiger partial charge is 0.229 e. The first kappa shape index (κ1) is 15.8. The quantitative estimate of drug-likeness (QED) is 0.692. The van der Waals surface area contributed by atoms with Crippen molar-refractivity contribution in [2.75, 3.05) is 24.3 Å². The summed E-state index contributed by atoms with van der Waals surface area (Å²) in [5, 5.41) is 6.51. The number of nitrogens with zero attached hydrogens (tertiary/aromatic N) is 2. The van der Waals surface area contributed by atoms with Crippen molar-refractivity contribution in [3.05, 3.63) is 72.4 Å². The standard InChI is InChI=1S/C19H20N4O/c1-24-17-9-5-8-16(14-17)22-19-21-13-11-18(23-19)20-12-10-15-6-3-2-4-7-15/h2-9,11,13-14H,10,12H2,1H3,(H2,20,21,22,23). The van der Waals surface area contributed by atoms with E-state index in [4.69, 9.17) is 4.74 Å². The normalized spacial score (nSPS) is 10.2. The first-order chi connectivity index (χ1) is 11.8. The number of hydrogen-bond donors (Lipinski definition) is 2. The second-order valence-electron chi connectivity index (χ2n) is 5.28. The van der Waals surface area contributed by atoms with Gasteiger partial charge in [0.2, 0.25) is 5.95 Å². The Bertz CT molecular complexity index is 777. The molecule has 0 aliphatic carbocycles.